The molecule has 5 heteroatoms. The van der Waals surface area contributed by atoms with Crippen molar-refractivity contribution in [3.8, 4) is 0 Å². The van der Waals surface area contributed by atoms with Gasteiger partial charge in [0, 0.05) is 25.0 Å². The van der Waals surface area contributed by atoms with Gasteiger partial charge in [0.05, 0.1) is 0 Å². The van der Waals surface area contributed by atoms with Crippen LogP contribution in [0.25, 0.3) is 11.2 Å². The van der Waals surface area contributed by atoms with E-state index >= 15 is 0 Å². The van der Waals surface area contributed by atoms with Crippen molar-refractivity contribution >= 4 is 22.8 Å². The second kappa shape index (κ2) is 6.35. The Morgan fingerprint density at radius 1 is 1.37 bits per heavy atom. The normalized spacial score (nSPS) is 11.6. The summed E-state index contributed by atoms with van der Waals surface area (Å²) in [4.78, 5) is 11.4. The van der Waals surface area contributed by atoms with Gasteiger partial charge in [0.2, 0.25) is 0 Å². The number of rotatable bonds is 6. The zero-order valence-corrected chi connectivity index (χ0v) is 12.6. The topological polar surface area (TPSA) is 34.0 Å². The standard InChI is InChI=1S/C14H21ClN4/c1-11-6-8-16-14-13(11)17-12(5-7-15)19(14)10-4-9-18(2)3/h6,8H,4-5,7,9-10H2,1-3H3. The van der Waals surface area contributed by atoms with Crippen LogP contribution in [-0.2, 0) is 13.0 Å². The molecule has 0 aromatic carbocycles. The number of pyridine rings is 1. The maximum Gasteiger partial charge on any atom is 0.160 e. The molecule has 0 aliphatic rings. The van der Waals surface area contributed by atoms with Crippen LogP contribution in [0.1, 0.15) is 17.8 Å². The summed E-state index contributed by atoms with van der Waals surface area (Å²) in [5.41, 5.74) is 3.17. The van der Waals surface area contributed by atoms with Crippen LogP contribution in [0.15, 0.2) is 12.3 Å². The monoisotopic (exact) mass is 280 g/mol. The summed E-state index contributed by atoms with van der Waals surface area (Å²) in [6, 6.07) is 2.00. The molecule has 0 saturated heterocycles. The van der Waals surface area contributed by atoms with Crippen molar-refractivity contribution in [2.75, 3.05) is 26.5 Å². The van der Waals surface area contributed by atoms with Crippen LogP contribution in [0.5, 0.6) is 0 Å². The summed E-state index contributed by atoms with van der Waals surface area (Å²) in [6.45, 7) is 4.08. The highest BCUT2D eigenvalue weighted by Crippen LogP contribution is 2.18. The minimum atomic E-state index is 0.593. The Labute approximate surface area is 119 Å². The predicted molar refractivity (Wildman–Crippen MR) is 79.9 cm³/mol. The number of alkyl halides is 1. The smallest absolute Gasteiger partial charge is 0.160 e. The average Bonchev–Trinajstić information content (AvgIpc) is 2.70. The van der Waals surface area contributed by atoms with Crippen LogP contribution >= 0.6 is 11.6 Å². The van der Waals surface area contributed by atoms with Crippen molar-refractivity contribution in [2.24, 2.45) is 0 Å². The van der Waals surface area contributed by atoms with Crippen molar-refractivity contribution in [1.82, 2.24) is 19.4 Å². The minimum absolute atomic E-state index is 0.593. The molecule has 0 spiro atoms. The van der Waals surface area contributed by atoms with E-state index in [0.29, 0.717) is 5.88 Å². The fraction of sp³-hybridized carbons (Fsp3) is 0.571. The Morgan fingerprint density at radius 3 is 2.84 bits per heavy atom. The molecule has 0 N–H and O–H groups in total. The molecule has 0 atom stereocenters. The molecule has 0 amide bonds. The van der Waals surface area contributed by atoms with E-state index in [4.69, 9.17) is 16.6 Å². The van der Waals surface area contributed by atoms with Gasteiger partial charge in [-0.15, -0.1) is 11.6 Å². The first-order valence-electron chi connectivity index (χ1n) is 6.65. The molecule has 0 aliphatic heterocycles. The Hall–Kier alpha value is -1.13. The second-order valence-electron chi connectivity index (χ2n) is 5.08. The summed E-state index contributed by atoms with van der Waals surface area (Å²) in [5.74, 6) is 1.64. The molecule has 104 valence electrons. The Morgan fingerprint density at radius 2 is 2.16 bits per heavy atom. The highest BCUT2D eigenvalue weighted by molar-refractivity contribution is 6.17. The van der Waals surface area contributed by atoms with Gasteiger partial charge in [-0.1, -0.05) is 0 Å². The van der Waals surface area contributed by atoms with Crippen molar-refractivity contribution in [1.29, 1.82) is 0 Å². The van der Waals surface area contributed by atoms with Crippen LogP contribution < -0.4 is 0 Å². The maximum absolute atomic E-state index is 5.88. The molecular weight excluding hydrogens is 260 g/mol. The number of nitrogens with zero attached hydrogens (tertiary/aromatic N) is 4. The fourth-order valence-electron chi connectivity index (χ4n) is 2.24. The molecule has 0 radical (unpaired) electrons. The summed E-state index contributed by atoms with van der Waals surface area (Å²) in [7, 11) is 4.18. The SMILES string of the molecule is Cc1ccnc2c1nc(CCCl)n2CCCN(C)C. The Bertz CT molecular complexity index is 548. The van der Waals surface area contributed by atoms with Gasteiger partial charge in [0.1, 0.15) is 11.3 Å². The van der Waals surface area contributed by atoms with Gasteiger partial charge < -0.3 is 9.47 Å². The van der Waals surface area contributed by atoms with E-state index in [1.165, 1.54) is 5.56 Å². The lowest BCUT2D eigenvalue weighted by atomic mass is 10.3. The summed E-state index contributed by atoms with van der Waals surface area (Å²) in [5, 5.41) is 0. The van der Waals surface area contributed by atoms with Gasteiger partial charge in [-0.05, 0) is 45.6 Å². The Balaban J connectivity index is 2.32. The van der Waals surface area contributed by atoms with Crippen LogP contribution in [0.2, 0.25) is 0 Å². The third-order valence-corrected chi connectivity index (χ3v) is 3.41. The molecule has 2 aromatic rings. The van der Waals surface area contributed by atoms with E-state index in [-0.39, 0.29) is 0 Å². The van der Waals surface area contributed by atoms with Gasteiger partial charge in [0.25, 0.3) is 0 Å². The minimum Gasteiger partial charge on any atom is -0.313 e. The van der Waals surface area contributed by atoms with Gasteiger partial charge in [-0.3, -0.25) is 0 Å². The highest BCUT2D eigenvalue weighted by Gasteiger charge is 2.12. The van der Waals surface area contributed by atoms with E-state index < -0.39 is 0 Å². The molecule has 0 aliphatic carbocycles. The van der Waals surface area contributed by atoms with E-state index in [1.807, 2.05) is 12.3 Å². The predicted octanol–water partition coefficient (Wildman–Crippen LogP) is 2.47. The maximum atomic E-state index is 5.88. The molecule has 2 aromatic heterocycles. The van der Waals surface area contributed by atoms with Gasteiger partial charge in [-0.2, -0.15) is 0 Å². The molecule has 0 unspecified atom stereocenters. The lowest BCUT2D eigenvalue weighted by molar-refractivity contribution is 0.386. The van der Waals surface area contributed by atoms with E-state index in [2.05, 4.69) is 35.5 Å². The van der Waals surface area contributed by atoms with Crippen LogP contribution in [0, 0.1) is 6.92 Å². The molecular formula is C14H21ClN4. The number of halogens is 1. The summed E-state index contributed by atoms with van der Waals surface area (Å²) in [6.07, 6.45) is 3.73. The average molecular weight is 281 g/mol. The number of aryl methyl sites for hydroxylation is 3. The third kappa shape index (κ3) is 3.25. The quantitative estimate of drug-likeness (QED) is 0.763. The third-order valence-electron chi connectivity index (χ3n) is 3.22. The fourth-order valence-corrected chi connectivity index (χ4v) is 2.41. The zero-order valence-electron chi connectivity index (χ0n) is 11.9. The van der Waals surface area contributed by atoms with Gasteiger partial charge in [-0.25, -0.2) is 9.97 Å². The lowest BCUT2D eigenvalue weighted by Crippen LogP contribution is -2.16. The number of aromatic nitrogens is 3. The summed E-state index contributed by atoms with van der Waals surface area (Å²) >= 11 is 5.88. The van der Waals surface area contributed by atoms with E-state index in [1.54, 1.807) is 0 Å². The molecule has 2 heterocycles. The first-order chi connectivity index (χ1) is 9.13. The highest BCUT2D eigenvalue weighted by atomic mass is 35.5. The van der Waals surface area contributed by atoms with E-state index in [0.717, 1.165) is 42.9 Å². The van der Waals surface area contributed by atoms with E-state index in [9.17, 15) is 0 Å². The molecule has 4 nitrogen and oxygen atoms in total. The van der Waals surface area contributed by atoms with Crippen LogP contribution in [-0.4, -0.2) is 46.0 Å². The van der Waals surface area contributed by atoms with Crippen molar-refractivity contribution < 1.29 is 0 Å². The number of hydrogen-bond donors (Lipinski definition) is 0. The molecule has 0 bridgehead atoms. The first-order valence-corrected chi connectivity index (χ1v) is 7.18. The molecule has 0 saturated carbocycles. The van der Waals surface area contributed by atoms with Gasteiger partial charge in [0.15, 0.2) is 5.65 Å². The zero-order chi connectivity index (χ0) is 13.8. The molecule has 19 heavy (non-hydrogen) atoms. The first kappa shape index (κ1) is 14.3. The van der Waals surface area contributed by atoms with Crippen molar-refractivity contribution in [3.05, 3.63) is 23.7 Å². The number of fused-ring (bicyclic) bond motifs is 1. The molecule has 2 rings (SSSR count). The number of imidazole rings is 1. The Kier molecular flexibility index (Phi) is 4.77. The van der Waals surface area contributed by atoms with Crippen LogP contribution in [0.4, 0.5) is 0 Å². The second-order valence-corrected chi connectivity index (χ2v) is 5.45. The molecule has 0 fully saturated rings. The van der Waals surface area contributed by atoms with Crippen molar-refractivity contribution in [2.45, 2.75) is 26.3 Å². The van der Waals surface area contributed by atoms with Crippen molar-refractivity contribution in [3.63, 3.8) is 0 Å². The van der Waals surface area contributed by atoms with Gasteiger partial charge >= 0.3 is 0 Å². The largest absolute Gasteiger partial charge is 0.313 e. The lowest BCUT2D eigenvalue weighted by Gasteiger charge is -2.11. The summed E-state index contributed by atoms with van der Waals surface area (Å²) < 4.78 is 2.22. The number of hydrogen-bond acceptors (Lipinski definition) is 3. The van der Waals surface area contributed by atoms with Crippen LogP contribution in [0.3, 0.4) is 0 Å².